The average Bonchev–Trinajstić information content (AvgIpc) is 2.52. The SMILES string of the molecule is CCCC(CCO)CNC(=NCc1ccc(Cl)cc1)NCC. The zero-order valence-electron chi connectivity index (χ0n) is 13.6. The zero-order valence-corrected chi connectivity index (χ0v) is 14.4. The van der Waals surface area contributed by atoms with Gasteiger partial charge in [-0.3, -0.25) is 0 Å². The molecule has 22 heavy (non-hydrogen) atoms. The molecule has 1 rings (SSSR count). The minimum absolute atomic E-state index is 0.241. The molecule has 1 atom stereocenters. The van der Waals surface area contributed by atoms with Crippen molar-refractivity contribution in [1.29, 1.82) is 0 Å². The largest absolute Gasteiger partial charge is 0.396 e. The van der Waals surface area contributed by atoms with E-state index >= 15 is 0 Å². The van der Waals surface area contributed by atoms with Crippen LogP contribution in [0.25, 0.3) is 0 Å². The van der Waals surface area contributed by atoms with Gasteiger partial charge >= 0.3 is 0 Å². The minimum atomic E-state index is 0.241. The van der Waals surface area contributed by atoms with Gasteiger partial charge in [0.15, 0.2) is 5.96 Å². The molecule has 1 unspecified atom stereocenters. The molecule has 0 aliphatic heterocycles. The lowest BCUT2D eigenvalue weighted by molar-refractivity contribution is 0.251. The van der Waals surface area contributed by atoms with E-state index < -0.39 is 0 Å². The fourth-order valence-corrected chi connectivity index (χ4v) is 2.41. The van der Waals surface area contributed by atoms with E-state index in [0.717, 1.165) is 48.9 Å². The van der Waals surface area contributed by atoms with Crippen LogP contribution in [0, 0.1) is 5.92 Å². The Morgan fingerprint density at radius 3 is 2.50 bits per heavy atom. The van der Waals surface area contributed by atoms with Gasteiger partial charge in [-0.2, -0.15) is 0 Å². The maximum absolute atomic E-state index is 9.12. The van der Waals surface area contributed by atoms with Gasteiger partial charge in [0.05, 0.1) is 6.54 Å². The van der Waals surface area contributed by atoms with Crippen LogP contribution in [0.4, 0.5) is 0 Å². The second-order valence-electron chi connectivity index (χ2n) is 5.37. The molecule has 0 amide bonds. The molecule has 0 heterocycles. The topological polar surface area (TPSA) is 56.6 Å². The highest BCUT2D eigenvalue weighted by Crippen LogP contribution is 2.11. The van der Waals surface area contributed by atoms with Gasteiger partial charge in [-0.25, -0.2) is 4.99 Å². The second-order valence-corrected chi connectivity index (χ2v) is 5.81. The fraction of sp³-hybridized carbons (Fsp3) is 0.588. The van der Waals surface area contributed by atoms with Crippen molar-refractivity contribution >= 4 is 17.6 Å². The maximum Gasteiger partial charge on any atom is 0.191 e. The van der Waals surface area contributed by atoms with Gasteiger partial charge < -0.3 is 15.7 Å². The molecule has 5 heteroatoms. The first-order chi connectivity index (χ1) is 10.7. The summed E-state index contributed by atoms with van der Waals surface area (Å²) in [5.74, 6) is 1.30. The van der Waals surface area contributed by atoms with Crippen LogP contribution < -0.4 is 10.6 Å². The second kappa shape index (κ2) is 11.3. The van der Waals surface area contributed by atoms with Crippen molar-refractivity contribution in [2.75, 3.05) is 19.7 Å². The lowest BCUT2D eigenvalue weighted by Crippen LogP contribution is -2.40. The molecular weight excluding hydrogens is 298 g/mol. The number of nitrogens with one attached hydrogen (secondary N) is 2. The number of hydrogen-bond donors (Lipinski definition) is 3. The molecular formula is C17H28ClN3O. The van der Waals surface area contributed by atoms with Crippen molar-refractivity contribution in [3.8, 4) is 0 Å². The van der Waals surface area contributed by atoms with E-state index in [0.29, 0.717) is 12.5 Å². The van der Waals surface area contributed by atoms with Gasteiger partial charge in [0.1, 0.15) is 0 Å². The molecule has 0 bridgehead atoms. The van der Waals surface area contributed by atoms with Crippen LogP contribution in [0.2, 0.25) is 5.02 Å². The van der Waals surface area contributed by atoms with Gasteiger partial charge in [-0.15, -0.1) is 0 Å². The van der Waals surface area contributed by atoms with Gasteiger partial charge in [-0.05, 0) is 43.4 Å². The highest BCUT2D eigenvalue weighted by Gasteiger charge is 2.08. The predicted octanol–water partition coefficient (Wildman–Crippen LogP) is 3.19. The Balaban J connectivity index is 2.55. The normalized spacial score (nSPS) is 13.0. The summed E-state index contributed by atoms with van der Waals surface area (Å²) in [6, 6.07) is 7.73. The molecule has 0 aliphatic carbocycles. The van der Waals surface area contributed by atoms with E-state index in [-0.39, 0.29) is 6.61 Å². The van der Waals surface area contributed by atoms with E-state index in [4.69, 9.17) is 16.7 Å². The molecule has 4 nitrogen and oxygen atoms in total. The van der Waals surface area contributed by atoms with Gasteiger partial charge in [-0.1, -0.05) is 37.1 Å². The van der Waals surface area contributed by atoms with Crippen molar-refractivity contribution in [1.82, 2.24) is 10.6 Å². The van der Waals surface area contributed by atoms with E-state index in [1.807, 2.05) is 24.3 Å². The van der Waals surface area contributed by atoms with E-state index in [9.17, 15) is 0 Å². The van der Waals surface area contributed by atoms with Crippen molar-refractivity contribution in [3.05, 3.63) is 34.9 Å². The van der Waals surface area contributed by atoms with Crippen molar-refractivity contribution in [2.24, 2.45) is 10.9 Å². The number of aliphatic hydroxyl groups excluding tert-OH is 1. The van der Waals surface area contributed by atoms with Crippen LogP contribution in [0.5, 0.6) is 0 Å². The molecule has 0 fully saturated rings. The van der Waals surface area contributed by atoms with Crippen molar-refractivity contribution in [3.63, 3.8) is 0 Å². The highest BCUT2D eigenvalue weighted by atomic mass is 35.5. The summed E-state index contributed by atoms with van der Waals surface area (Å²) in [6.45, 7) is 6.74. The summed E-state index contributed by atoms with van der Waals surface area (Å²) >= 11 is 5.89. The number of benzene rings is 1. The molecule has 0 saturated carbocycles. The van der Waals surface area contributed by atoms with Crippen LogP contribution in [0.15, 0.2) is 29.3 Å². The third kappa shape index (κ3) is 7.66. The quantitative estimate of drug-likeness (QED) is 0.483. The van der Waals surface area contributed by atoms with Gasteiger partial charge in [0, 0.05) is 24.7 Å². The monoisotopic (exact) mass is 325 g/mol. The molecule has 0 spiro atoms. The molecule has 3 N–H and O–H groups in total. The molecule has 1 aromatic carbocycles. The number of aliphatic imine (C=N–C) groups is 1. The zero-order chi connectivity index (χ0) is 16.2. The summed E-state index contributed by atoms with van der Waals surface area (Å²) in [4.78, 5) is 4.59. The summed E-state index contributed by atoms with van der Waals surface area (Å²) in [6.07, 6.45) is 3.08. The third-order valence-electron chi connectivity index (χ3n) is 3.47. The molecule has 0 aliphatic rings. The summed E-state index contributed by atoms with van der Waals surface area (Å²) in [7, 11) is 0. The summed E-state index contributed by atoms with van der Waals surface area (Å²) in [5, 5.41) is 16.5. The van der Waals surface area contributed by atoms with Crippen LogP contribution in [0.1, 0.15) is 38.7 Å². The average molecular weight is 326 g/mol. The van der Waals surface area contributed by atoms with Gasteiger partial charge in [0.25, 0.3) is 0 Å². The highest BCUT2D eigenvalue weighted by molar-refractivity contribution is 6.30. The fourth-order valence-electron chi connectivity index (χ4n) is 2.28. The number of guanidine groups is 1. The number of nitrogens with zero attached hydrogens (tertiary/aromatic N) is 1. The number of halogens is 1. The molecule has 0 aromatic heterocycles. The first-order valence-electron chi connectivity index (χ1n) is 8.07. The Morgan fingerprint density at radius 2 is 1.91 bits per heavy atom. The van der Waals surface area contributed by atoms with E-state index in [1.54, 1.807) is 0 Å². The Bertz CT molecular complexity index is 428. The maximum atomic E-state index is 9.12. The van der Waals surface area contributed by atoms with Crippen LogP contribution in [-0.2, 0) is 6.54 Å². The van der Waals surface area contributed by atoms with Crippen molar-refractivity contribution in [2.45, 2.75) is 39.7 Å². The Kier molecular flexibility index (Phi) is 9.67. The molecule has 1 aromatic rings. The van der Waals surface area contributed by atoms with Crippen molar-refractivity contribution < 1.29 is 5.11 Å². The molecule has 0 radical (unpaired) electrons. The standard InChI is InChI=1S/C17H28ClN3O/c1-3-5-14(10-11-22)12-20-17(19-4-2)21-13-15-6-8-16(18)9-7-15/h6-9,14,22H,3-5,10-13H2,1-2H3,(H2,19,20,21). The Hall–Kier alpha value is -1.26. The first-order valence-corrected chi connectivity index (χ1v) is 8.44. The van der Waals surface area contributed by atoms with E-state index in [2.05, 4.69) is 29.5 Å². The first kappa shape index (κ1) is 18.8. The minimum Gasteiger partial charge on any atom is -0.396 e. The molecule has 124 valence electrons. The number of aliphatic hydroxyl groups is 1. The van der Waals surface area contributed by atoms with E-state index in [1.165, 1.54) is 0 Å². The summed E-state index contributed by atoms with van der Waals surface area (Å²) < 4.78 is 0. The smallest absolute Gasteiger partial charge is 0.191 e. The van der Waals surface area contributed by atoms with Gasteiger partial charge in [0.2, 0.25) is 0 Å². The van der Waals surface area contributed by atoms with Crippen LogP contribution in [-0.4, -0.2) is 30.8 Å². The molecule has 0 saturated heterocycles. The Morgan fingerprint density at radius 1 is 1.18 bits per heavy atom. The number of hydrogen-bond acceptors (Lipinski definition) is 2. The number of rotatable bonds is 9. The lowest BCUT2D eigenvalue weighted by atomic mass is 10.0. The third-order valence-corrected chi connectivity index (χ3v) is 3.72. The van der Waals surface area contributed by atoms with Crippen LogP contribution in [0.3, 0.4) is 0 Å². The lowest BCUT2D eigenvalue weighted by Gasteiger charge is -2.18. The van der Waals surface area contributed by atoms with Crippen LogP contribution >= 0.6 is 11.6 Å². The summed E-state index contributed by atoms with van der Waals surface area (Å²) in [5.41, 5.74) is 1.13. The Labute approximate surface area is 139 Å². The predicted molar refractivity (Wildman–Crippen MR) is 94.4 cm³/mol.